The summed E-state index contributed by atoms with van der Waals surface area (Å²) in [6.07, 6.45) is 2.00. The van der Waals surface area contributed by atoms with E-state index in [2.05, 4.69) is 12.1 Å². The molecule has 0 aliphatic heterocycles. The highest BCUT2D eigenvalue weighted by Crippen LogP contribution is 2.20. The lowest BCUT2D eigenvalue weighted by Crippen LogP contribution is -2.00. The minimum absolute atomic E-state index is 0.199. The van der Waals surface area contributed by atoms with Crippen LogP contribution in [0.3, 0.4) is 0 Å². The van der Waals surface area contributed by atoms with Crippen molar-refractivity contribution in [1.29, 1.82) is 0 Å². The van der Waals surface area contributed by atoms with Crippen molar-refractivity contribution in [3.63, 3.8) is 0 Å². The molecule has 0 bridgehead atoms. The average molecular weight is 229 g/mol. The Morgan fingerprint density at radius 2 is 1.71 bits per heavy atom. The second kappa shape index (κ2) is 5.60. The van der Waals surface area contributed by atoms with Crippen LogP contribution in [0.25, 0.3) is 11.1 Å². The monoisotopic (exact) mass is 229 g/mol. The van der Waals surface area contributed by atoms with E-state index in [1.807, 2.05) is 18.2 Å². The predicted molar refractivity (Wildman–Crippen MR) is 69.2 cm³/mol. The van der Waals surface area contributed by atoms with Crippen LogP contribution in [-0.4, -0.2) is 6.54 Å². The third-order valence-electron chi connectivity index (χ3n) is 2.78. The van der Waals surface area contributed by atoms with Gasteiger partial charge in [-0.3, -0.25) is 0 Å². The van der Waals surface area contributed by atoms with Crippen molar-refractivity contribution in [2.75, 3.05) is 6.54 Å². The zero-order valence-corrected chi connectivity index (χ0v) is 9.70. The second-order valence-electron chi connectivity index (χ2n) is 4.10. The standard InChI is InChI=1S/C15H16FN/c16-15-5-1-4-14(11-15)13-8-6-12(7-9-13)3-2-10-17/h1,4-9,11H,2-3,10,17H2. The molecule has 17 heavy (non-hydrogen) atoms. The van der Waals surface area contributed by atoms with E-state index in [-0.39, 0.29) is 5.82 Å². The van der Waals surface area contributed by atoms with Gasteiger partial charge in [0, 0.05) is 0 Å². The van der Waals surface area contributed by atoms with E-state index < -0.39 is 0 Å². The summed E-state index contributed by atoms with van der Waals surface area (Å²) in [5.41, 5.74) is 8.70. The molecule has 0 saturated carbocycles. The Hall–Kier alpha value is -1.67. The molecule has 0 aliphatic rings. The Labute approximate surface area is 101 Å². The van der Waals surface area contributed by atoms with Crippen LogP contribution < -0.4 is 5.73 Å². The van der Waals surface area contributed by atoms with E-state index in [4.69, 9.17) is 5.73 Å². The molecule has 88 valence electrons. The lowest BCUT2D eigenvalue weighted by Gasteiger charge is -2.04. The molecule has 0 radical (unpaired) electrons. The summed E-state index contributed by atoms with van der Waals surface area (Å²) >= 11 is 0. The fraction of sp³-hybridized carbons (Fsp3) is 0.200. The molecule has 2 rings (SSSR count). The van der Waals surface area contributed by atoms with E-state index in [9.17, 15) is 4.39 Å². The molecule has 0 fully saturated rings. The highest BCUT2D eigenvalue weighted by Gasteiger charge is 1.99. The van der Waals surface area contributed by atoms with Crippen LogP contribution in [0.1, 0.15) is 12.0 Å². The molecule has 0 heterocycles. The van der Waals surface area contributed by atoms with Crippen LogP contribution in [0.2, 0.25) is 0 Å². The summed E-state index contributed by atoms with van der Waals surface area (Å²) < 4.78 is 13.1. The molecule has 1 nitrogen and oxygen atoms in total. The van der Waals surface area contributed by atoms with Gasteiger partial charge in [-0.2, -0.15) is 0 Å². The maximum Gasteiger partial charge on any atom is 0.123 e. The highest BCUT2D eigenvalue weighted by molar-refractivity contribution is 5.63. The molecule has 2 aromatic carbocycles. The van der Waals surface area contributed by atoms with Gasteiger partial charge in [-0.05, 0) is 48.2 Å². The van der Waals surface area contributed by atoms with Gasteiger partial charge < -0.3 is 5.73 Å². The van der Waals surface area contributed by atoms with Crippen LogP contribution in [0, 0.1) is 5.82 Å². The summed E-state index contributed by atoms with van der Waals surface area (Å²) in [5.74, 6) is -0.199. The van der Waals surface area contributed by atoms with Gasteiger partial charge in [-0.15, -0.1) is 0 Å². The number of hydrogen-bond donors (Lipinski definition) is 1. The number of halogens is 1. The van der Waals surface area contributed by atoms with Gasteiger partial charge in [0.2, 0.25) is 0 Å². The molecule has 0 unspecified atom stereocenters. The van der Waals surface area contributed by atoms with E-state index in [1.54, 1.807) is 12.1 Å². The molecule has 0 spiro atoms. The van der Waals surface area contributed by atoms with E-state index >= 15 is 0 Å². The zero-order chi connectivity index (χ0) is 12.1. The average Bonchev–Trinajstić information content (AvgIpc) is 2.37. The van der Waals surface area contributed by atoms with Gasteiger partial charge in [0.15, 0.2) is 0 Å². The number of benzene rings is 2. The van der Waals surface area contributed by atoms with Crippen molar-refractivity contribution in [3.05, 3.63) is 59.9 Å². The molecule has 0 aliphatic carbocycles. The van der Waals surface area contributed by atoms with Crippen molar-refractivity contribution in [2.24, 2.45) is 5.73 Å². The SMILES string of the molecule is NCCCc1ccc(-c2cccc(F)c2)cc1. The minimum Gasteiger partial charge on any atom is -0.330 e. The van der Waals surface area contributed by atoms with E-state index in [0.29, 0.717) is 6.54 Å². The van der Waals surface area contributed by atoms with Crippen molar-refractivity contribution in [1.82, 2.24) is 0 Å². The summed E-state index contributed by atoms with van der Waals surface area (Å²) in [7, 11) is 0. The maximum atomic E-state index is 13.1. The predicted octanol–water partition coefficient (Wildman–Crippen LogP) is 3.38. The Balaban J connectivity index is 2.17. The normalized spacial score (nSPS) is 10.5. The zero-order valence-electron chi connectivity index (χ0n) is 9.70. The number of rotatable bonds is 4. The Morgan fingerprint density at radius 1 is 0.941 bits per heavy atom. The molecule has 2 aromatic rings. The van der Waals surface area contributed by atoms with E-state index in [1.165, 1.54) is 11.6 Å². The molecule has 2 heteroatoms. The van der Waals surface area contributed by atoms with Gasteiger partial charge in [-0.25, -0.2) is 4.39 Å². The molecule has 2 N–H and O–H groups in total. The minimum atomic E-state index is -0.199. The van der Waals surface area contributed by atoms with Gasteiger partial charge in [-0.1, -0.05) is 36.4 Å². The molecule has 0 atom stereocenters. The fourth-order valence-corrected chi connectivity index (χ4v) is 1.84. The van der Waals surface area contributed by atoms with E-state index in [0.717, 1.165) is 24.0 Å². The van der Waals surface area contributed by atoms with Crippen LogP contribution >= 0.6 is 0 Å². The summed E-state index contributed by atoms with van der Waals surface area (Å²) in [6.45, 7) is 0.714. The van der Waals surface area contributed by atoms with Crippen LogP contribution in [0.15, 0.2) is 48.5 Å². The molecule has 0 aromatic heterocycles. The van der Waals surface area contributed by atoms with Crippen LogP contribution in [0.5, 0.6) is 0 Å². The lowest BCUT2D eigenvalue weighted by molar-refractivity contribution is 0.628. The second-order valence-corrected chi connectivity index (χ2v) is 4.10. The summed E-state index contributed by atoms with van der Waals surface area (Å²) in [6, 6.07) is 14.9. The first-order valence-corrected chi connectivity index (χ1v) is 5.84. The largest absolute Gasteiger partial charge is 0.330 e. The van der Waals surface area contributed by atoms with Crippen molar-refractivity contribution in [2.45, 2.75) is 12.8 Å². The number of hydrogen-bond acceptors (Lipinski definition) is 1. The van der Waals surface area contributed by atoms with Crippen LogP contribution in [-0.2, 0) is 6.42 Å². The number of aryl methyl sites for hydroxylation is 1. The molecule has 0 saturated heterocycles. The van der Waals surface area contributed by atoms with Gasteiger partial charge in [0.05, 0.1) is 0 Å². The molecular formula is C15H16FN. The van der Waals surface area contributed by atoms with Gasteiger partial charge >= 0.3 is 0 Å². The number of nitrogens with two attached hydrogens (primary N) is 1. The topological polar surface area (TPSA) is 26.0 Å². The van der Waals surface area contributed by atoms with Crippen molar-refractivity contribution >= 4 is 0 Å². The van der Waals surface area contributed by atoms with Crippen molar-refractivity contribution < 1.29 is 4.39 Å². The first-order chi connectivity index (χ1) is 8.29. The third kappa shape index (κ3) is 3.14. The first kappa shape index (κ1) is 11.8. The third-order valence-corrected chi connectivity index (χ3v) is 2.78. The van der Waals surface area contributed by atoms with Gasteiger partial charge in [0.25, 0.3) is 0 Å². The summed E-state index contributed by atoms with van der Waals surface area (Å²) in [5, 5.41) is 0. The Morgan fingerprint density at radius 3 is 2.35 bits per heavy atom. The quantitative estimate of drug-likeness (QED) is 0.854. The Kier molecular flexibility index (Phi) is 3.89. The highest BCUT2D eigenvalue weighted by atomic mass is 19.1. The first-order valence-electron chi connectivity index (χ1n) is 5.84. The van der Waals surface area contributed by atoms with Crippen molar-refractivity contribution in [3.8, 4) is 11.1 Å². The summed E-state index contributed by atoms with van der Waals surface area (Å²) in [4.78, 5) is 0. The molecule has 0 amide bonds. The maximum absolute atomic E-state index is 13.1. The van der Waals surface area contributed by atoms with Crippen LogP contribution in [0.4, 0.5) is 4.39 Å². The van der Waals surface area contributed by atoms with Gasteiger partial charge in [0.1, 0.15) is 5.82 Å². The molecular weight excluding hydrogens is 213 g/mol. The Bertz CT molecular complexity index is 477. The smallest absolute Gasteiger partial charge is 0.123 e. The lowest BCUT2D eigenvalue weighted by atomic mass is 10.0. The fourth-order valence-electron chi connectivity index (χ4n) is 1.84.